The van der Waals surface area contributed by atoms with Gasteiger partial charge in [0.1, 0.15) is 11.1 Å². The number of rotatable bonds is 6. The first kappa shape index (κ1) is 16.8. The van der Waals surface area contributed by atoms with Gasteiger partial charge in [-0.25, -0.2) is 4.98 Å². The molecule has 2 heterocycles. The smallest absolute Gasteiger partial charge is 0.234 e. The number of hydrogen-bond donors (Lipinski definition) is 1. The molecule has 1 fully saturated rings. The zero-order valence-corrected chi connectivity index (χ0v) is 14.3. The van der Waals surface area contributed by atoms with Crippen LogP contribution in [0.25, 0.3) is 11.3 Å². The summed E-state index contributed by atoms with van der Waals surface area (Å²) in [5.74, 6) is 0.0136. The Morgan fingerprint density at radius 2 is 2.29 bits per heavy atom. The van der Waals surface area contributed by atoms with Crippen molar-refractivity contribution in [3.63, 3.8) is 0 Å². The summed E-state index contributed by atoms with van der Waals surface area (Å²) in [6.07, 6.45) is 1.61. The minimum atomic E-state index is -0.0755. The van der Waals surface area contributed by atoms with Crippen LogP contribution in [-0.2, 0) is 9.53 Å². The van der Waals surface area contributed by atoms with E-state index in [9.17, 15) is 4.79 Å². The predicted molar refractivity (Wildman–Crippen MR) is 95.9 cm³/mol. The van der Waals surface area contributed by atoms with Crippen LogP contribution in [0, 0.1) is 0 Å². The second-order valence-corrected chi connectivity index (χ2v) is 6.51. The fraction of sp³-hybridized carbons (Fsp3) is 0.333. The molecule has 5 nitrogen and oxygen atoms in total. The number of ether oxygens (including phenoxy) is 1. The molecule has 6 heteroatoms. The van der Waals surface area contributed by atoms with Crippen molar-refractivity contribution >= 4 is 17.2 Å². The van der Waals surface area contributed by atoms with Gasteiger partial charge in [-0.05, 0) is 0 Å². The number of hydrogen-bond acceptors (Lipinski definition) is 5. The topological polar surface area (TPSA) is 54.5 Å². The summed E-state index contributed by atoms with van der Waals surface area (Å²) < 4.78 is 5.86. The lowest BCUT2D eigenvalue weighted by atomic mass is 10.2. The number of benzene rings is 1. The molecule has 0 aliphatic carbocycles. The molecular formula is C18H21N3O2S. The highest BCUT2D eigenvalue weighted by atomic mass is 32.1. The fourth-order valence-corrected chi connectivity index (χ4v) is 3.48. The number of morpholine rings is 1. The largest absolute Gasteiger partial charge is 0.368 e. The van der Waals surface area contributed by atoms with Crippen molar-refractivity contribution in [1.29, 1.82) is 0 Å². The first-order valence-electron chi connectivity index (χ1n) is 7.98. The molecule has 1 N–H and O–H groups in total. The monoisotopic (exact) mass is 343 g/mol. The Kier molecular flexibility index (Phi) is 5.74. The summed E-state index contributed by atoms with van der Waals surface area (Å²) in [7, 11) is 0. The number of nitrogens with one attached hydrogen (secondary N) is 1. The molecule has 2 aromatic rings. The van der Waals surface area contributed by atoms with Crippen molar-refractivity contribution in [3.05, 3.63) is 53.4 Å². The molecule has 0 spiro atoms. The van der Waals surface area contributed by atoms with Crippen molar-refractivity contribution in [2.24, 2.45) is 0 Å². The number of thiazole rings is 1. The highest BCUT2D eigenvalue weighted by Gasteiger charge is 2.25. The lowest BCUT2D eigenvalue weighted by Crippen LogP contribution is -2.44. The van der Waals surface area contributed by atoms with Gasteiger partial charge in [0.15, 0.2) is 0 Å². The number of carbonyl (C=O) groups excluding carboxylic acids is 1. The van der Waals surface area contributed by atoms with Gasteiger partial charge >= 0.3 is 0 Å². The number of nitrogens with zero attached hydrogens (tertiary/aromatic N) is 2. The zero-order chi connectivity index (χ0) is 16.8. The standard InChI is InChI=1S/C18H21N3O2S/c1-2-8-19-17(22)12-21-9-10-23-16(11-21)18-20-15(13-24-18)14-6-4-3-5-7-14/h2-7,13,16H,1,8-12H2,(H,19,22). The molecule has 1 aromatic carbocycles. The summed E-state index contributed by atoms with van der Waals surface area (Å²) in [5.41, 5.74) is 2.08. The van der Waals surface area contributed by atoms with Crippen molar-refractivity contribution in [3.8, 4) is 11.3 Å². The number of amides is 1. The van der Waals surface area contributed by atoms with E-state index in [1.807, 2.05) is 18.2 Å². The maximum Gasteiger partial charge on any atom is 0.234 e. The number of carbonyl (C=O) groups is 1. The molecule has 126 valence electrons. The highest BCUT2D eigenvalue weighted by Crippen LogP contribution is 2.29. The van der Waals surface area contributed by atoms with Crippen LogP contribution in [0.2, 0.25) is 0 Å². The van der Waals surface area contributed by atoms with E-state index < -0.39 is 0 Å². The molecule has 1 aliphatic rings. The normalized spacial score (nSPS) is 18.2. The first-order chi connectivity index (χ1) is 11.8. The Morgan fingerprint density at radius 3 is 3.08 bits per heavy atom. The molecule has 0 saturated carbocycles. The highest BCUT2D eigenvalue weighted by molar-refractivity contribution is 7.10. The molecule has 1 aromatic heterocycles. The second kappa shape index (κ2) is 8.19. The van der Waals surface area contributed by atoms with Gasteiger partial charge in [0.2, 0.25) is 5.91 Å². The van der Waals surface area contributed by atoms with E-state index in [1.165, 1.54) is 0 Å². The maximum absolute atomic E-state index is 11.8. The van der Waals surface area contributed by atoms with Crippen LogP contribution in [0.5, 0.6) is 0 Å². The average molecular weight is 343 g/mol. The van der Waals surface area contributed by atoms with Gasteiger partial charge in [0, 0.05) is 30.6 Å². The second-order valence-electron chi connectivity index (χ2n) is 5.62. The van der Waals surface area contributed by atoms with Crippen LogP contribution < -0.4 is 5.32 Å². The lowest BCUT2D eigenvalue weighted by Gasteiger charge is -2.31. The van der Waals surface area contributed by atoms with E-state index in [0.29, 0.717) is 26.2 Å². The van der Waals surface area contributed by atoms with Crippen molar-refractivity contribution in [2.45, 2.75) is 6.10 Å². The Bertz CT molecular complexity index is 687. The summed E-state index contributed by atoms with van der Waals surface area (Å²) in [5, 5.41) is 5.83. The van der Waals surface area contributed by atoms with Crippen molar-refractivity contribution in [1.82, 2.24) is 15.2 Å². The predicted octanol–water partition coefficient (Wildman–Crippen LogP) is 2.49. The molecule has 1 amide bonds. The summed E-state index contributed by atoms with van der Waals surface area (Å²) in [6, 6.07) is 10.1. The van der Waals surface area contributed by atoms with Gasteiger partial charge < -0.3 is 10.1 Å². The summed E-state index contributed by atoms with van der Waals surface area (Å²) in [4.78, 5) is 18.7. The average Bonchev–Trinajstić information content (AvgIpc) is 3.11. The SMILES string of the molecule is C=CCNC(=O)CN1CCOC(c2nc(-c3ccccc3)cs2)C1. The van der Waals surface area contributed by atoms with Gasteiger partial charge in [-0.1, -0.05) is 36.4 Å². The van der Waals surface area contributed by atoms with Crippen LogP contribution >= 0.6 is 11.3 Å². The van der Waals surface area contributed by atoms with Crippen LogP contribution in [0.15, 0.2) is 48.4 Å². The molecule has 1 atom stereocenters. The third-order valence-electron chi connectivity index (χ3n) is 3.83. The molecule has 1 saturated heterocycles. The van der Waals surface area contributed by atoms with Crippen LogP contribution in [-0.4, -0.2) is 48.6 Å². The van der Waals surface area contributed by atoms with Gasteiger partial charge in [-0.2, -0.15) is 0 Å². The molecule has 24 heavy (non-hydrogen) atoms. The summed E-state index contributed by atoms with van der Waals surface area (Å²) >= 11 is 1.61. The molecule has 0 bridgehead atoms. The van der Waals surface area contributed by atoms with E-state index in [2.05, 4.69) is 34.3 Å². The Labute approximate surface area is 146 Å². The van der Waals surface area contributed by atoms with Crippen LogP contribution in [0.4, 0.5) is 0 Å². The molecule has 1 aliphatic heterocycles. The van der Waals surface area contributed by atoms with Gasteiger partial charge in [0.05, 0.1) is 18.8 Å². The number of aromatic nitrogens is 1. The summed E-state index contributed by atoms with van der Waals surface area (Å²) in [6.45, 7) is 6.54. The van der Waals surface area contributed by atoms with Gasteiger partial charge in [-0.3, -0.25) is 9.69 Å². The fourth-order valence-electron chi connectivity index (χ4n) is 2.62. The Morgan fingerprint density at radius 1 is 1.46 bits per heavy atom. The minimum absolute atomic E-state index is 0.0136. The van der Waals surface area contributed by atoms with E-state index in [0.717, 1.165) is 22.8 Å². The third kappa shape index (κ3) is 4.29. The van der Waals surface area contributed by atoms with Gasteiger partial charge in [0.25, 0.3) is 0 Å². The van der Waals surface area contributed by atoms with E-state index in [-0.39, 0.29) is 12.0 Å². The molecule has 1 unspecified atom stereocenters. The van der Waals surface area contributed by atoms with E-state index >= 15 is 0 Å². The van der Waals surface area contributed by atoms with Crippen molar-refractivity contribution < 1.29 is 9.53 Å². The maximum atomic E-state index is 11.8. The quantitative estimate of drug-likeness (QED) is 0.819. The van der Waals surface area contributed by atoms with Crippen LogP contribution in [0.3, 0.4) is 0 Å². The Hall–Kier alpha value is -2.02. The molecular weight excluding hydrogens is 322 g/mol. The lowest BCUT2D eigenvalue weighted by molar-refractivity contribution is -0.124. The van der Waals surface area contributed by atoms with Crippen LogP contribution in [0.1, 0.15) is 11.1 Å². The van der Waals surface area contributed by atoms with Crippen molar-refractivity contribution in [2.75, 3.05) is 32.8 Å². The minimum Gasteiger partial charge on any atom is -0.368 e. The Balaban J connectivity index is 1.62. The third-order valence-corrected chi connectivity index (χ3v) is 4.77. The van der Waals surface area contributed by atoms with E-state index in [1.54, 1.807) is 17.4 Å². The molecule has 3 rings (SSSR count). The van der Waals surface area contributed by atoms with Gasteiger partial charge in [-0.15, -0.1) is 17.9 Å². The zero-order valence-electron chi connectivity index (χ0n) is 13.5. The first-order valence-corrected chi connectivity index (χ1v) is 8.86. The molecule has 0 radical (unpaired) electrons. The van der Waals surface area contributed by atoms with E-state index in [4.69, 9.17) is 9.72 Å².